The topological polar surface area (TPSA) is 46.5 Å². The van der Waals surface area contributed by atoms with Crippen LogP contribution in [0.5, 0.6) is 5.75 Å². The first kappa shape index (κ1) is 11.5. The molecule has 0 bridgehead atoms. The highest BCUT2D eigenvalue weighted by Gasteiger charge is 2.03. The van der Waals surface area contributed by atoms with Crippen LogP contribution in [0.25, 0.3) is 10.8 Å². The lowest BCUT2D eigenvalue weighted by molar-refractivity contribution is -0.136. The molecule has 0 aliphatic rings. The first-order valence-electron chi connectivity index (χ1n) is 5.48. The molecule has 0 aliphatic heterocycles. The molecule has 0 radical (unpaired) electrons. The Hall–Kier alpha value is -2.03. The summed E-state index contributed by atoms with van der Waals surface area (Å²) in [7, 11) is 1.65. The van der Waals surface area contributed by atoms with Crippen molar-refractivity contribution < 1.29 is 14.6 Å². The van der Waals surface area contributed by atoms with Crippen molar-refractivity contribution in [1.82, 2.24) is 0 Å². The van der Waals surface area contributed by atoms with Gasteiger partial charge >= 0.3 is 5.97 Å². The molecule has 0 aliphatic carbocycles. The van der Waals surface area contributed by atoms with Gasteiger partial charge in [-0.3, -0.25) is 4.79 Å². The first-order chi connectivity index (χ1) is 8.20. The summed E-state index contributed by atoms with van der Waals surface area (Å²) < 4.78 is 5.27. The zero-order valence-electron chi connectivity index (χ0n) is 9.64. The number of carboxylic acids is 1. The van der Waals surface area contributed by atoms with E-state index in [0.717, 1.165) is 22.1 Å². The highest BCUT2D eigenvalue weighted by Crippen LogP contribution is 2.26. The van der Waals surface area contributed by atoms with E-state index >= 15 is 0 Å². The molecule has 2 aromatic carbocycles. The van der Waals surface area contributed by atoms with Crippen molar-refractivity contribution in [2.45, 2.75) is 12.8 Å². The zero-order valence-corrected chi connectivity index (χ0v) is 9.64. The quantitative estimate of drug-likeness (QED) is 0.878. The Balaban J connectivity index is 2.34. The van der Waals surface area contributed by atoms with Crippen LogP contribution in [-0.2, 0) is 11.2 Å². The highest BCUT2D eigenvalue weighted by molar-refractivity contribution is 5.88. The number of aliphatic carboxylic acids is 1. The predicted molar refractivity (Wildman–Crippen MR) is 66.5 cm³/mol. The number of hydrogen-bond donors (Lipinski definition) is 1. The molecule has 1 N–H and O–H groups in total. The number of benzene rings is 2. The van der Waals surface area contributed by atoms with Crippen LogP contribution in [0.3, 0.4) is 0 Å². The maximum absolute atomic E-state index is 10.5. The van der Waals surface area contributed by atoms with E-state index < -0.39 is 5.97 Å². The van der Waals surface area contributed by atoms with Crippen LogP contribution in [0.4, 0.5) is 0 Å². The van der Waals surface area contributed by atoms with Gasteiger partial charge in [0.25, 0.3) is 0 Å². The number of carboxylic acid groups (broad SMARTS) is 1. The molecule has 3 heteroatoms. The first-order valence-corrected chi connectivity index (χ1v) is 5.48. The second-order valence-corrected chi connectivity index (χ2v) is 3.91. The molecule has 0 amide bonds. The Bertz CT molecular complexity index is 546. The van der Waals surface area contributed by atoms with Gasteiger partial charge in [0, 0.05) is 11.8 Å². The third kappa shape index (κ3) is 2.56. The number of aryl methyl sites for hydroxylation is 1. The van der Waals surface area contributed by atoms with Gasteiger partial charge in [-0.1, -0.05) is 30.3 Å². The molecule has 2 aromatic rings. The van der Waals surface area contributed by atoms with Crippen molar-refractivity contribution in [2.24, 2.45) is 0 Å². The van der Waals surface area contributed by atoms with Crippen molar-refractivity contribution in [2.75, 3.05) is 7.11 Å². The lowest BCUT2D eigenvalue weighted by atomic mass is 10.0. The van der Waals surface area contributed by atoms with Gasteiger partial charge in [0.15, 0.2) is 0 Å². The van der Waals surface area contributed by atoms with Gasteiger partial charge in [0.05, 0.1) is 7.11 Å². The lowest BCUT2D eigenvalue weighted by Gasteiger charge is -2.06. The monoisotopic (exact) mass is 230 g/mol. The molecule has 0 heterocycles. The normalized spacial score (nSPS) is 10.4. The molecule has 0 spiro atoms. The van der Waals surface area contributed by atoms with Crippen LogP contribution in [0, 0.1) is 0 Å². The minimum Gasteiger partial charge on any atom is -0.496 e. The van der Waals surface area contributed by atoms with Crippen molar-refractivity contribution in [3.8, 4) is 5.75 Å². The predicted octanol–water partition coefficient (Wildman–Crippen LogP) is 2.87. The third-order valence-electron chi connectivity index (χ3n) is 2.75. The van der Waals surface area contributed by atoms with E-state index in [-0.39, 0.29) is 6.42 Å². The maximum atomic E-state index is 10.5. The van der Waals surface area contributed by atoms with Gasteiger partial charge in [0.2, 0.25) is 0 Å². The maximum Gasteiger partial charge on any atom is 0.303 e. The fourth-order valence-corrected chi connectivity index (χ4v) is 1.89. The van der Waals surface area contributed by atoms with Crippen molar-refractivity contribution >= 4 is 16.7 Å². The Kier molecular flexibility index (Phi) is 3.28. The summed E-state index contributed by atoms with van der Waals surface area (Å²) >= 11 is 0. The molecular weight excluding hydrogens is 216 g/mol. The number of fused-ring (bicyclic) bond motifs is 1. The Morgan fingerprint density at radius 2 is 2.12 bits per heavy atom. The van der Waals surface area contributed by atoms with Gasteiger partial charge in [0.1, 0.15) is 5.75 Å². The number of rotatable bonds is 4. The van der Waals surface area contributed by atoms with Gasteiger partial charge in [-0.15, -0.1) is 0 Å². The second-order valence-electron chi connectivity index (χ2n) is 3.91. The largest absolute Gasteiger partial charge is 0.496 e. The third-order valence-corrected chi connectivity index (χ3v) is 2.75. The van der Waals surface area contributed by atoms with Gasteiger partial charge in [-0.25, -0.2) is 0 Å². The standard InChI is InChI=1S/C14H14O3/c1-17-13-4-2-3-11-9-10(5-7-12(11)13)6-8-14(15)16/h2-5,7,9H,6,8H2,1H3,(H,15,16). The molecule has 0 saturated carbocycles. The van der Waals surface area contributed by atoms with Crippen LogP contribution >= 0.6 is 0 Å². The Morgan fingerprint density at radius 3 is 2.82 bits per heavy atom. The van der Waals surface area contributed by atoms with E-state index in [2.05, 4.69) is 0 Å². The number of hydrogen-bond acceptors (Lipinski definition) is 2. The minimum atomic E-state index is -0.768. The van der Waals surface area contributed by atoms with Crippen LogP contribution in [0.2, 0.25) is 0 Å². The van der Waals surface area contributed by atoms with E-state index in [4.69, 9.17) is 9.84 Å². The molecule has 0 unspecified atom stereocenters. The molecular formula is C14H14O3. The number of carbonyl (C=O) groups is 1. The highest BCUT2D eigenvalue weighted by atomic mass is 16.5. The van der Waals surface area contributed by atoms with Crippen molar-refractivity contribution in [3.63, 3.8) is 0 Å². The molecule has 17 heavy (non-hydrogen) atoms. The van der Waals surface area contributed by atoms with E-state index in [1.807, 2.05) is 36.4 Å². The van der Waals surface area contributed by atoms with Crippen LogP contribution < -0.4 is 4.74 Å². The van der Waals surface area contributed by atoms with Crippen LogP contribution in [0.15, 0.2) is 36.4 Å². The molecule has 0 atom stereocenters. The summed E-state index contributed by atoms with van der Waals surface area (Å²) in [5, 5.41) is 10.8. The minimum absolute atomic E-state index is 0.162. The van der Waals surface area contributed by atoms with Crippen LogP contribution in [0.1, 0.15) is 12.0 Å². The second kappa shape index (κ2) is 4.87. The molecule has 2 rings (SSSR count). The smallest absolute Gasteiger partial charge is 0.303 e. The van der Waals surface area contributed by atoms with Crippen LogP contribution in [-0.4, -0.2) is 18.2 Å². The summed E-state index contributed by atoms with van der Waals surface area (Å²) in [6.07, 6.45) is 0.720. The lowest BCUT2D eigenvalue weighted by Crippen LogP contribution is -1.97. The Morgan fingerprint density at radius 1 is 1.29 bits per heavy atom. The summed E-state index contributed by atoms with van der Waals surface area (Å²) in [6.45, 7) is 0. The van der Waals surface area contributed by atoms with Crippen molar-refractivity contribution in [1.29, 1.82) is 0 Å². The summed E-state index contributed by atoms with van der Waals surface area (Å²) in [5.74, 6) is 0.0722. The van der Waals surface area contributed by atoms with E-state index in [0.29, 0.717) is 6.42 Å². The summed E-state index contributed by atoms with van der Waals surface area (Å²) in [6, 6.07) is 11.8. The fraction of sp³-hybridized carbons (Fsp3) is 0.214. The molecule has 0 fully saturated rings. The van der Waals surface area contributed by atoms with E-state index in [1.54, 1.807) is 7.11 Å². The average molecular weight is 230 g/mol. The average Bonchev–Trinajstić information content (AvgIpc) is 2.35. The van der Waals surface area contributed by atoms with Crippen molar-refractivity contribution in [3.05, 3.63) is 42.0 Å². The fourth-order valence-electron chi connectivity index (χ4n) is 1.89. The number of methoxy groups -OCH3 is 1. The van der Waals surface area contributed by atoms with Gasteiger partial charge < -0.3 is 9.84 Å². The van der Waals surface area contributed by atoms with Gasteiger partial charge in [-0.05, 0) is 23.4 Å². The summed E-state index contributed by atoms with van der Waals surface area (Å²) in [5.41, 5.74) is 1.04. The zero-order chi connectivity index (χ0) is 12.3. The molecule has 0 saturated heterocycles. The van der Waals surface area contributed by atoms with E-state index in [9.17, 15) is 4.79 Å². The van der Waals surface area contributed by atoms with Gasteiger partial charge in [-0.2, -0.15) is 0 Å². The molecule has 88 valence electrons. The Labute approximate surface area is 99.6 Å². The SMILES string of the molecule is COc1cccc2cc(CCC(=O)O)ccc12. The molecule has 0 aromatic heterocycles. The molecule has 3 nitrogen and oxygen atoms in total. The summed E-state index contributed by atoms with van der Waals surface area (Å²) in [4.78, 5) is 10.5. The number of ether oxygens (including phenoxy) is 1. The van der Waals surface area contributed by atoms with E-state index in [1.165, 1.54) is 0 Å².